The van der Waals surface area contributed by atoms with E-state index in [0.717, 1.165) is 18.0 Å². The molecule has 0 bridgehead atoms. The van der Waals surface area contributed by atoms with Gasteiger partial charge >= 0.3 is 0 Å². The van der Waals surface area contributed by atoms with Crippen LogP contribution in [0.4, 0.5) is 0 Å². The average Bonchev–Trinajstić information content (AvgIpc) is 2.74. The van der Waals surface area contributed by atoms with Gasteiger partial charge in [0, 0.05) is 17.6 Å². The van der Waals surface area contributed by atoms with Crippen LogP contribution in [-0.4, -0.2) is 17.6 Å². The Morgan fingerprint density at radius 2 is 1.95 bits per heavy atom. The van der Waals surface area contributed by atoms with Gasteiger partial charge in [-0.2, -0.15) is 0 Å². The molecule has 1 aliphatic carbocycles. The molecule has 3 rings (SSSR count). The minimum absolute atomic E-state index is 0.685. The number of hydrogen-bond acceptors (Lipinski definition) is 2. The molecule has 1 fully saturated rings. The molecule has 2 heteroatoms. The number of rotatable bonds is 4. The third kappa shape index (κ3) is 3.44. The summed E-state index contributed by atoms with van der Waals surface area (Å²) in [5, 5.41) is 5.06. The summed E-state index contributed by atoms with van der Waals surface area (Å²) in [6.45, 7) is 3.31. The second-order valence-electron chi connectivity index (χ2n) is 6.25. The van der Waals surface area contributed by atoms with Gasteiger partial charge in [-0.25, -0.2) is 0 Å². The molecule has 0 aliphatic heterocycles. The van der Waals surface area contributed by atoms with Crippen molar-refractivity contribution in [3.63, 3.8) is 0 Å². The second kappa shape index (κ2) is 7.04. The number of hydrogen-bond donors (Lipinski definition) is 1. The number of para-hydroxylation sites is 1. The lowest BCUT2D eigenvalue weighted by Gasteiger charge is -2.26. The maximum atomic E-state index is 4.49. The Morgan fingerprint density at radius 1 is 1.10 bits per heavy atom. The smallest absolute Gasteiger partial charge is 0.0704 e. The summed E-state index contributed by atoms with van der Waals surface area (Å²) in [5.41, 5.74) is 2.60. The molecule has 1 N–H and O–H groups in total. The van der Waals surface area contributed by atoms with Crippen molar-refractivity contribution in [2.45, 2.75) is 51.5 Å². The third-order valence-electron chi connectivity index (χ3n) is 4.85. The lowest BCUT2D eigenvalue weighted by Crippen LogP contribution is -2.36. The zero-order chi connectivity index (χ0) is 14.5. The van der Waals surface area contributed by atoms with Gasteiger partial charge in [-0.1, -0.05) is 44.4 Å². The monoisotopic (exact) mass is 282 g/mol. The molecule has 2 unspecified atom stereocenters. The van der Waals surface area contributed by atoms with Gasteiger partial charge in [0.2, 0.25) is 0 Å². The number of benzene rings is 1. The summed E-state index contributed by atoms with van der Waals surface area (Å²) in [4.78, 5) is 4.49. The standard InChI is InChI=1S/C19H26N2/c1-2-20-18-10-5-3-4-8-16(18)14-15-12-13-21-19-11-7-6-9-17(15)19/h6-7,9,11-13,16,18,20H,2-5,8,10,14H2,1H3. The van der Waals surface area contributed by atoms with Gasteiger partial charge in [-0.05, 0) is 49.4 Å². The first-order valence-corrected chi connectivity index (χ1v) is 8.44. The van der Waals surface area contributed by atoms with Crippen LogP contribution < -0.4 is 5.32 Å². The zero-order valence-electron chi connectivity index (χ0n) is 13.0. The number of nitrogens with zero attached hydrogens (tertiary/aromatic N) is 1. The molecule has 0 radical (unpaired) electrons. The molecule has 112 valence electrons. The van der Waals surface area contributed by atoms with Crippen molar-refractivity contribution >= 4 is 10.9 Å². The van der Waals surface area contributed by atoms with Crippen LogP contribution in [0, 0.1) is 5.92 Å². The van der Waals surface area contributed by atoms with Crippen LogP contribution in [0.3, 0.4) is 0 Å². The minimum Gasteiger partial charge on any atom is -0.314 e. The van der Waals surface area contributed by atoms with Gasteiger partial charge in [0.1, 0.15) is 0 Å². The van der Waals surface area contributed by atoms with E-state index in [-0.39, 0.29) is 0 Å². The first-order chi connectivity index (χ1) is 10.4. The molecule has 0 saturated heterocycles. The summed E-state index contributed by atoms with van der Waals surface area (Å²) in [6, 6.07) is 11.4. The molecule has 1 aliphatic rings. The Morgan fingerprint density at radius 3 is 2.86 bits per heavy atom. The van der Waals surface area contributed by atoms with E-state index in [0.29, 0.717) is 6.04 Å². The first kappa shape index (κ1) is 14.5. The molecule has 0 amide bonds. The molecule has 2 nitrogen and oxygen atoms in total. The van der Waals surface area contributed by atoms with Crippen molar-refractivity contribution in [3.05, 3.63) is 42.1 Å². The van der Waals surface area contributed by atoms with E-state index in [9.17, 15) is 0 Å². The predicted octanol–water partition coefficient (Wildman–Crippen LogP) is 4.34. The van der Waals surface area contributed by atoms with Crippen molar-refractivity contribution in [2.75, 3.05) is 6.54 Å². The minimum atomic E-state index is 0.685. The van der Waals surface area contributed by atoms with E-state index in [1.165, 1.54) is 49.5 Å². The van der Waals surface area contributed by atoms with E-state index in [1.54, 1.807) is 0 Å². The van der Waals surface area contributed by atoms with Crippen LogP contribution in [0.5, 0.6) is 0 Å². The Bertz CT molecular complexity index is 573. The third-order valence-corrected chi connectivity index (χ3v) is 4.85. The molecule has 1 heterocycles. The Kier molecular flexibility index (Phi) is 4.87. The summed E-state index contributed by atoms with van der Waals surface area (Å²) in [7, 11) is 0. The van der Waals surface area contributed by atoms with E-state index < -0.39 is 0 Å². The Hall–Kier alpha value is -1.41. The molecule has 2 aromatic rings. The molecular weight excluding hydrogens is 256 g/mol. The lowest BCUT2D eigenvalue weighted by atomic mass is 9.87. The molecule has 1 saturated carbocycles. The van der Waals surface area contributed by atoms with E-state index in [2.05, 4.69) is 47.6 Å². The van der Waals surface area contributed by atoms with Crippen molar-refractivity contribution in [1.82, 2.24) is 10.3 Å². The fraction of sp³-hybridized carbons (Fsp3) is 0.526. The summed E-state index contributed by atoms with van der Waals surface area (Å²) < 4.78 is 0. The molecule has 21 heavy (non-hydrogen) atoms. The highest BCUT2D eigenvalue weighted by Crippen LogP contribution is 2.28. The number of fused-ring (bicyclic) bond motifs is 1. The zero-order valence-corrected chi connectivity index (χ0v) is 13.0. The maximum Gasteiger partial charge on any atom is 0.0704 e. The topological polar surface area (TPSA) is 24.9 Å². The molecule has 2 atom stereocenters. The van der Waals surface area contributed by atoms with Crippen LogP contribution >= 0.6 is 0 Å². The Balaban J connectivity index is 1.85. The van der Waals surface area contributed by atoms with Crippen LogP contribution in [0.15, 0.2) is 36.5 Å². The van der Waals surface area contributed by atoms with Crippen molar-refractivity contribution in [3.8, 4) is 0 Å². The molecule has 1 aromatic carbocycles. The summed E-state index contributed by atoms with van der Waals surface area (Å²) in [6.07, 6.45) is 10.0. The quantitative estimate of drug-likeness (QED) is 0.844. The van der Waals surface area contributed by atoms with E-state index in [1.807, 2.05) is 6.20 Å². The lowest BCUT2D eigenvalue weighted by molar-refractivity contribution is 0.338. The first-order valence-electron chi connectivity index (χ1n) is 8.44. The number of nitrogens with one attached hydrogen (secondary N) is 1. The summed E-state index contributed by atoms with van der Waals surface area (Å²) >= 11 is 0. The van der Waals surface area contributed by atoms with Gasteiger partial charge < -0.3 is 5.32 Å². The van der Waals surface area contributed by atoms with Crippen LogP contribution in [0.1, 0.15) is 44.6 Å². The highest BCUT2D eigenvalue weighted by molar-refractivity contribution is 5.81. The van der Waals surface area contributed by atoms with E-state index >= 15 is 0 Å². The highest BCUT2D eigenvalue weighted by atomic mass is 14.9. The number of aromatic nitrogens is 1. The second-order valence-corrected chi connectivity index (χ2v) is 6.25. The Labute approximate surface area is 128 Å². The van der Waals surface area contributed by atoms with Crippen LogP contribution in [-0.2, 0) is 6.42 Å². The largest absolute Gasteiger partial charge is 0.314 e. The summed E-state index contributed by atoms with van der Waals surface area (Å²) in [5.74, 6) is 0.762. The van der Waals surface area contributed by atoms with Gasteiger partial charge in [0.25, 0.3) is 0 Å². The number of pyridine rings is 1. The molecule has 1 aromatic heterocycles. The van der Waals surface area contributed by atoms with Crippen LogP contribution in [0.2, 0.25) is 0 Å². The van der Waals surface area contributed by atoms with Crippen molar-refractivity contribution < 1.29 is 0 Å². The maximum absolute atomic E-state index is 4.49. The van der Waals surface area contributed by atoms with E-state index in [4.69, 9.17) is 0 Å². The SMILES string of the molecule is CCNC1CCCCCC1Cc1ccnc2ccccc12. The predicted molar refractivity (Wildman–Crippen MR) is 89.5 cm³/mol. The fourth-order valence-electron chi connectivity index (χ4n) is 3.78. The highest BCUT2D eigenvalue weighted by Gasteiger charge is 2.23. The normalized spacial score (nSPS) is 23.1. The van der Waals surface area contributed by atoms with Gasteiger partial charge in [0.15, 0.2) is 0 Å². The van der Waals surface area contributed by atoms with Gasteiger partial charge in [-0.3, -0.25) is 4.98 Å². The van der Waals surface area contributed by atoms with Crippen LogP contribution in [0.25, 0.3) is 10.9 Å². The molecule has 0 spiro atoms. The van der Waals surface area contributed by atoms with Crippen molar-refractivity contribution in [2.24, 2.45) is 5.92 Å². The average molecular weight is 282 g/mol. The molecular formula is C19H26N2. The van der Waals surface area contributed by atoms with Gasteiger partial charge in [0.05, 0.1) is 5.52 Å². The fourth-order valence-corrected chi connectivity index (χ4v) is 3.78. The van der Waals surface area contributed by atoms with Crippen molar-refractivity contribution in [1.29, 1.82) is 0 Å². The van der Waals surface area contributed by atoms with Gasteiger partial charge in [-0.15, -0.1) is 0 Å².